The van der Waals surface area contributed by atoms with Crippen LogP contribution in [-0.2, 0) is 11.3 Å². The van der Waals surface area contributed by atoms with E-state index in [0.717, 1.165) is 16.7 Å². The first-order valence-electron chi connectivity index (χ1n) is 11.3. The zero-order chi connectivity index (χ0) is 24.2. The topological polar surface area (TPSA) is 69.9 Å². The number of nitrogens with zero attached hydrogens (tertiary/aromatic N) is 4. The summed E-state index contributed by atoms with van der Waals surface area (Å²) in [5, 5.41) is 4.69. The second kappa shape index (κ2) is 7.68. The number of hydrogen-bond donors (Lipinski definition) is 1. The van der Waals surface area contributed by atoms with Crippen molar-refractivity contribution in [3.8, 4) is 0 Å². The van der Waals surface area contributed by atoms with Crippen molar-refractivity contribution in [3.05, 3.63) is 127 Å². The number of benzene rings is 3. The molecular weight excluding hydrogens is 458 g/mol. The summed E-state index contributed by atoms with van der Waals surface area (Å²) in [6.45, 7) is 0. The minimum atomic E-state index is -1.23. The van der Waals surface area contributed by atoms with Crippen LogP contribution in [0.2, 0.25) is 0 Å². The van der Waals surface area contributed by atoms with Crippen LogP contribution < -0.4 is 20.3 Å². The Kier molecular flexibility index (Phi) is 4.69. The number of amides is 2. The Morgan fingerprint density at radius 3 is 2.00 bits per heavy atom. The molecule has 3 heterocycles. The van der Waals surface area contributed by atoms with Gasteiger partial charge in [0.05, 0.1) is 4.53 Å². The summed E-state index contributed by atoms with van der Waals surface area (Å²) in [7, 11) is 3.50. The molecule has 3 aromatic carbocycles. The number of aromatic nitrogens is 1. The Labute approximate surface area is 205 Å². The first-order valence-corrected chi connectivity index (χ1v) is 12.1. The smallest absolute Gasteiger partial charge is 0.296 e. The SMILES string of the molecule is CN1C(=O)N(C)C2(c3ccccc3)n3c(s/c(=C\c4ccccc4)c3=O)=NNC12c1ccccc1. The van der Waals surface area contributed by atoms with E-state index in [1.165, 1.54) is 11.3 Å². The van der Waals surface area contributed by atoms with Crippen molar-refractivity contribution in [2.45, 2.75) is 11.3 Å². The predicted octanol–water partition coefficient (Wildman–Crippen LogP) is 2.43. The number of hydrogen-bond acceptors (Lipinski definition) is 5. The molecule has 4 aromatic rings. The van der Waals surface area contributed by atoms with E-state index in [-0.39, 0.29) is 11.6 Å². The van der Waals surface area contributed by atoms with Gasteiger partial charge in [0.1, 0.15) is 0 Å². The van der Waals surface area contributed by atoms with Crippen LogP contribution in [0.15, 0.2) is 101 Å². The molecule has 0 aliphatic carbocycles. The average Bonchev–Trinajstić information content (AvgIpc) is 3.31. The summed E-state index contributed by atoms with van der Waals surface area (Å²) in [6, 6.07) is 28.9. The molecule has 1 aromatic heterocycles. The van der Waals surface area contributed by atoms with Gasteiger partial charge in [-0.1, -0.05) is 102 Å². The third-order valence-corrected chi connectivity index (χ3v) is 7.94. The van der Waals surface area contributed by atoms with Crippen LogP contribution in [-0.4, -0.2) is 34.5 Å². The molecule has 0 spiro atoms. The molecule has 8 heteroatoms. The monoisotopic (exact) mass is 481 g/mol. The summed E-state index contributed by atoms with van der Waals surface area (Å²) in [5.41, 5.74) is 3.31. The summed E-state index contributed by atoms with van der Waals surface area (Å²) in [5.74, 6) is 0. The lowest BCUT2D eigenvalue weighted by Crippen LogP contribution is -2.72. The van der Waals surface area contributed by atoms with E-state index in [0.29, 0.717) is 9.33 Å². The zero-order valence-electron chi connectivity index (χ0n) is 19.3. The van der Waals surface area contributed by atoms with E-state index < -0.39 is 11.3 Å². The van der Waals surface area contributed by atoms with Crippen LogP contribution in [0.5, 0.6) is 0 Å². The summed E-state index contributed by atoms with van der Waals surface area (Å²) >= 11 is 1.31. The lowest BCUT2D eigenvalue weighted by atomic mass is 9.80. The molecule has 2 aliphatic rings. The van der Waals surface area contributed by atoms with Crippen molar-refractivity contribution in [2.24, 2.45) is 5.10 Å². The van der Waals surface area contributed by atoms with Gasteiger partial charge < -0.3 is 0 Å². The summed E-state index contributed by atoms with van der Waals surface area (Å²) in [6.07, 6.45) is 1.87. The molecule has 0 radical (unpaired) electrons. The largest absolute Gasteiger partial charge is 0.324 e. The second-order valence-electron chi connectivity index (χ2n) is 8.68. The molecule has 0 bridgehead atoms. The van der Waals surface area contributed by atoms with Gasteiger partial charge in [0.2, 0.25) is 16.1 Å². The number of thiazole rings is 1. The van der Waals surface area contributed by atoms with E-state index in [2.05, 4.69) is 10.5 Å². The third-order valence-electron chi connectivity index (χ3n) is 6.98. The maximum atomic E-state index is 14.2. The molecule has 2 atom stereocenters. The summed E-state index contributed by atoms with van der Waals surface area (Å²) < 4.78 is 2.23. The molecule has 1 fully saturated rings. The van der Waals surface area contributed by atoms with Gasteiger partial charge in [0.25, 0.3) is 5.56 Å². The second-order valence-corrected chi connectivity index (χ2v) is 9.69. The average molecular weight is 482 g/mol. The molecule has 2 unspecified atom stereocenters. The van der Waals surface area contributed by atoms with E-state index in [1.807, 2.05) is 97.1 Å². The van der Waals surface area contributed by atoms with Gasteiger partial charge in [-0.05, 0) is 11.6 Å². The minimum Gasteiger partial charge on any atom is -0.296 e. The fourth-order valence-corrected chi connectivity index (χ4v) is 6.42. The molecule has 7 nitrogen and oxygen atoms in total. The van der Waals surface area contributed by atoms with E-state index in [9.17, 15) is 9.59 Å². The normalized spacial score (nSPS) is 23.5. The first-order chi connectivity index (χ1) is 17.0. The van der Waals surface area contributed by atoms with Gasteiger partial charge in [0, 0.05) is 25.2 Å². The number of carbonyl (C=O) groups is 1. The molecule has 35 heavy (non-hydrogen) atoms. The predicted molar refractivity (Wildman–Crippen MR) is 135 cm³/mol. The Balaban J connectivity index is 1.77. The molecule has 174 valence electrons. The van der Waals surface area contributed by atoms with Crippen LogP contribution in [0.4, 0.5) is 4.79 Å². The molecule has 2 aliphatic heterocycles. The third kappa shape index (κ3) is 2.68. The van der Waals surface area contributed by atoms with Gasteiger partial charge in [0.15, 0.2) is 0 Å². The lowest BCUT2D eigenvalue weighted by Gasteiger charge is -2.50. The van der Waals surface area contributed by atoms with Crippen molar-refractivity contribution in [1.82, 2.24) is 19.8 Å². The van der Waals surface area contributed by atoms with Gasteiger partial charge >= 0.3 is 6.03 Å². The quantitative estimate of drug-likeness (QED) is 0.489. The van der Waals surface area contributed by atoms with Crippen molar-refractivity contribution in [2.75, 3.05) is 14.1 Å². The van der Waals surface area contributed by atoms with Crippen molar-refractivity contribution < 1.29 is 4.79 Å². The standard InChI is InChI=1S/C27H23N5O2S/c1-30-25(34)31(2)27(21-16-10-5-11-17-21)26(30,20-14-8-4-9-15-20)29-28-24-32(27)23(33)22(35-24)18-19-12-6-3-7-13-19/h3-18,29H,1-2H3/b22-18-. The van der Waals surface area contributed by atoms with Crippen molar-refractivity contribution in [3.63, 3.8) is 0 Å². The lowest BCUT2D eigenvalue weighted by molar-refractivity contribution is -0.0145. The van der Waals surface area contributed by atoms with E-state index in [4.69, 9.17) is 0 Å². The molecular formula is C27H23N5O2S. The van der Waals surface area contributed by atoms with Crippen LogP contribution in [0.3, 0.4) is 0 Å². The van der Waals surface area contributed by atoms with E-state index in [1.54, 1.807) is 28.5 Å². The Hall–Kier alpha value is -4.17. The van der Waals surface area contributed by atoms with Crippen LogP contribution in [0.25, 0.3) is 6.08 Å². The maximum absolute atomic E-state index is 14.2. The van der Waals surface area contributed by atoms with Crippen LogP contribution >= 0.6 is 11.3 Å². The Morgan fingerprint density at radius 1 is 0.800 bits per heavy atom. The van der Waals surface area contributed by atoms with Gasteiger partial charge in [-0.15, -0.1) is 5.10 Å². The molecule has 2 amide bonds. The highest BCUT2D eigenvalue weighted by Gasteiger charge is 2.70. The molecule has 1 N–H and O–H groups in total. The molecule has 6 rings (SSSR count). The van der Waals surface area contributed by atoms with Gasteiger partial charge in [-0.2, -0.15) is 0 Å². The Morgan fingerprint density at radius 2 is 1.37 bits per heavy atom. The van der Waals surface area contributed by atoms with Crippen LogP contribution in [0.1, 0.15) is 16.7 Å². The van der Waals surface area contributed by atoms with Crippen LogP contribution in [0, 0.1) is 0 Å². The fraction of sp³-hybridized carbons (Fsp3) is 0.148. The highest BCUT2D eigenvalue weighted by atomic mass is 32.1. The fourth-order valence-electron chi connectivity index (χ4n) is 5.45. The number of fused-ring (bicyclic) bond motifs is 3. The highest BCUT2D eigenvalue weighted by Crippen LogP contribution is 2.52. The number of rotatable bonds is 3. The molecule has 1 saturated heterocycles. The van der Waals surface area contributed by atoms with Gasteiger partial charge in [-0.3, -0.25) is 20.0 Å². The number of likely N-dealkylation sites (N-methyl/N-ethyl adjacent to an activating group) is 2. The zero-order valence-corrected chi connectivity index (χ0v) is 20.1. The number of nitrogens with one attached hydrogen (secondary N) is 1. The molecule has 0 saturated carbocycles. The number of carbonyl (C=O) groups excluding carboxylic acids is 1. The Bertz CT molecular complexity index is 1600. The first kappa shape index (κ1) is 21.4. The van der Waals surface area contributed by atoms with Crippen molar-refractivity contribution >= 4 is 23.4 Å². The maximum Gasteiger partial charge on any atom is 0.324 e. The van der Waals surface area contributed by atoms with E-state index >= 15 is 0 Å². The number of urea groups is 1. The van der Waals surface area contributed by atoms with Crippen molar-refractivity contribution in [1.29, 1.82) is 0 Å². The van der Waals surface area contributed by atoms with Gasteiger partial charge in [-0.25, -0.2) is 9.36 Å². The minimum absolute atomic E-state index is 0.196. The summed E-state index contributed by atoms with van der Waals surface area (Å²) in [4.78, 5) is 31.7. The highest BCUT2D eigenvalue weighted by molar-refractivity contribution is 7.07.